The predicted molar refractivity (Wildman–Crippen MR) is 91.6 cm³/mol. The van der Waals surface area contributed by atoms with Crippen molar-refractivity contribution >= 4 is 11.4 Å². The first kappa shape index (κ1) is 17.0. The fourth-order valence-electron chi connectivity index (χ4n) is 2.65. The summed E-state index contributed by atoms with van der Waals surface area (Å²) in [5.74, 6) is 0. The van der Waals surface area contributed by atoms with Crippen molar-refractivity contribution < 1.29 is 10.0 Å². The maximum Gasteiger partial charge on any atom is 0.274 e. The van der Waals surface area contributed by atoms with Gasteiger partial charge in [-0.2, -0.15) is 0 Å². The summed E-state index contributed by atoms with van der Waals surface area (Å²) in [4.78, 5) is 12.9. The van der Waals surface area contributed by atoms with Crippen LogP contribution in [0.15, 0.2) is 48.5 Å². The molecular formula is C18H22N2O3. The summed E-state index contributed by atoms with van der Waals surface area (Å²) in [6.45, 7) is 3.95. The third kappa shape index (κ3) is 4.53. The minimum atomic E-state index is -1.02. The average Bonchev–Trinajstić information content (AvgIpc) is 2.46. The molecule has 0 atom stereocenters. The van der Waals surface area contributed by atoms with E-state index in [9.17, 15) is 15.2 Å². The lowest BCUT2D eigenvalue weighted by Gasteiger charge is -2.25. The van der Waals surface area contributed by atoms with E-state index in [4.69, 9.17) is 0 Å². The Morgan fingerprint density at radius 1 is 1.13 bits per heavy atom. The number of rotatable bonds is 6. The molecule has 0 heterocycles. The summed E-state index contributed by atoms with van der Waals surface area (Å²) in [5.41, 5.74) is 1.47. The van der Waals surface area contributed by atoms with Crippen LogP contribution in [0.25, 0.3) is 0 Å². The van der Waals surface area contributed by atoms with Crippen molar-refractivity contribution in [2.24, 2.45) is 0 Å². The first-order chi connectivity index (χ1) is 10.8. The van der Waals surface area contributed by atoms with Crippen molar-refractivity contribution in [1.82, 2.24) is 0 Å². The van der Waals surface area contributed by atoms with Gasteiger partial charge in [-0.15, -0.1) is 0 Å². The molecule has 2 aromatic carbocycles. The van der Waals surface area contributed by atoms with Crippen LogP contribution in [0, 0.1) is 10.1 Å². The van der Waals surface area contributed by atoms with E-state index >= 15 is 0 Å². The first-order valence-electron chi connectivity index (χ1n) is 7.51. The number of aliphatic hydroxyl groups is 1. The van der Waals surface area contributed by atoms with E-state index in [1.54, 1.807) is 19.9 Å². The first-order valence-corrected chi connectivity index (χ1v) is 7.51. The Hall–Kier alpha value is -2.40. The molecule has 0 saturated carbocycles. The van der Waals surface area contributed by atoms with Gasteiger partial charge < -0.3 is 10.0 Å². The Morgan fingerprint density at radius 3 is 2.35 bits per heavy atom. The molecular weight excluding hydrogens is 292 g/mol. The molecule has 0 fully saturated rings. The van der Waals surface area contributed by atoms with E-state index in [0.29, 0.717) is 12.1 Å². The normalized spacial score (nSPS) is 11.3. The Morgan fingerprint density at radius 2 is 1.78 bits per heavy atom. The summed E-state index contributed by atoms with van der Waals surface area (Å²) in [7, 11) is 1.90. The van der Waals surface area contributed by atoms with E-state index in [1.807, 2.05) is 48.3 Å². The second-order valence-corrected chi connectivity index (χ2v) is 6.36. The predicted octanol–water partition coefficient (Wildman–Crippen LogP) is 3.54. The third-order valence-electron chi connectivity index (χ3n) is 3.61. The van der Waals surface area contributed by atoms with Gasteiger partial charge in [-0.3, -0.25) is 10.1 Å². The maximum atomic E-state index is 11.3. The van der Waals surface area contributed by atoms with Gasteiger partial charge in [0.05, 0.1) is 16.1 Å². The van der Waals surface area contributed by atoms with Gasteiger partial charge in [0.1, 0.15) is 0 Å². The van der Waals surface area contributed by atoms with Crippen molar-refractivity contribution in [3.63, 3.8) is 0 Å². The highest BCUT2D eigenvalue weighted by Gasteiger charge is 2.25. The SMILES string of the molecule is CN(Cc1ccccc1)c1cccc([N+](=O)[O-])c1CC(C)(C)O. The number of nitrogens with zero attached hydrogens (tertiary/aromatic N) is 2. The highest BCUT2D eigenvalue weighted by molar-refractivity contribution is 5.62. The molecule has 0 aliphatic rings. The molecule has 0 amide bonds. The molecule has 5 nitrogen and oxygen atoms in total. The summed E-state index contributed by atoms with van der Waals surface area (Å²) in [5, 5.41) is 21.5. The third-order valence-corrected chi connectivity index (χ3v) is 3.61. The number of nitro benzene ring substituents is 1. The Balaban J connectivity index is 2.40. The Labute approximate surface area is 136 Å². The minimum absolute atomic E-state index is 0.0459. The fourth-order valence-corrected chi connectivity index (χ4v) is 2.65. The molecule has 0 aliphatic carbocycles. The summed E-state index contributed by atoms with van der Waals surface area (Å²) in [6.07, 6.45) is 0.221. The maximum absolute atomic E-state index is 11.3. The molecule has 122 valence electrons. The van der Waals surface area contributed by atoms with Crippen molar-refractivity contribution in [3.05, 3.63) is 69.8 Å². The lowest BCUT2D eigenvalue weighted by molar-refractivity contribution is -0.385. The molecule has 0 unspecified atom stereocenters. The van der Waals surface area contributed by atoms with Gasteiger partial charge in [-0.1, -0.05) is 36.4 Å². The number of benzene rings is 2. The average molecular weight is 314 g/mol. The molecule has 0 aromatic heterocycles. The van der Waals surface area contributed by atoms with E-state index in [0.717, 1.165) is 11.3 Å². The van der Waals surface area contributed by atoms with Gasteiger partial charge in [-0.05, 0) is 25.5 Å². The van der Waals surface area contributed by atoms with Gasteiger partial charge in [0, 0.05) is 31.8 Å². The van der Waals surface area contributed by atoms with Crippen LogP contribution in [0.1, 0.15) is 25.0 Å². The molecule has 1 N–H and O–H groups in total. The van der Waals surface area contributed by atoms with E-state index in [-0.39, 0.29) is 17.0 Å². The van der Waals surface area contributed by atoms with Crippen molar-refractivity contribution in [1.29, 1.82) is 0 Å². The van der Waals surface area contributed by atoms with Crippen LogP contribution in [0.2, 0.25) is 0 Å². The second kappa shape index (κ2) is 6.79. The lowest BCUT2D eigenvalue weighted by atomic mass is 9.95. The molecule has 0 aliphatic heterocycles. The van der Waals surface area contributed by atoms with Crippen LogP contribution in [0.5, 0.6) is 0 Å². The molecule has 2 aromatic rings. The molecule has 0 spiro atoms. The highest BCUT2D eigenvalue weighted by Crippen LogP contribution is 2.32. The van der Waals surface area contributed by atoms with Crippen molar-refractivity contribution in [2.75, 3.05) is 11.9 Å². The molecule has 0 saturated heterocycles. The zero-order chi connectivity index (χ0) is 17.0. The lowest BCUT2D eigenvalue weighted by Crippen LogP contribution is -2.25. The molecule has 23 heavy (non-hydrogen) atoms. The smallest absolute Gasteiger partial charge is 0.274 e. The standard InChI is InChI=1S/C18H22N2O3/c1-18(2,21)12-15-16(10-7-11-17(15)20(22)23)19(3)13-14-8-5-4-6-9-14/h4-11,21H,12-13H2,1-3H3. The van der Waals surface area contributed by atoms with E-state index in [1.165, 1.54) is 6.07 Å². The van der Waals surface area contributed by atoms with E-state index < -0.39 is 5.60 Å². The quantitative estimate of drug-likeness (QED) is 0.654. The summed E-state index contributed by atoms with van der Waals surface area (Å²) in [6, 6.07) is 15.0. The van der Waals surface area contributed by atoms with Gasteiger partial charge in [0.2, 0.25) is 0 Å². The molecule has 0 radical (unpaired) electrons. The fraction of sp³-hybridized carbons (Fsp3) is 0.333. The van der Waals surface area contributed by atoms with Gasteiger partial charge in [-0.25, -0.2) is 0 Å². The summed E-state index contributed by atoms with van der Waals surface area (Å²) < 4.78 is 0. The minimum Gasteiger partial charge on any atom is -0.390 e. The van der Waals surface area contributed by atoms with Crippen LogP contribution in [-0.4, -0.2) is 22.7 Å². The Kier molecular flexibility index (Phi) is 5.01. The monoisotopic (exact) mass is 314 g/mol. The van der Waals surface area contributed by atoms with Crippen molar-refractivity contribution in [2.45, 2.75) is 32.4 Å². The topological polar surface area (TPSA) is 66.6 Å². The van der Waals surface area contributed by atoms with Crippen LogP contribution in [-0.2, 0) is 13.0 Å². The van der Waals surface area contributed by atoms with Crippen LogP contribution < -0.4 is 4.90 Å². The number of nitro groups is 1. The zero-order valence-electron chi connectivity index (χ0n) is 13.7. The van der Waals surface area contributed by atoms with Gasteiger partial charge >= 0.3 is 0 Å². The van der Waals surface area contributed by atoms with Crippen molar-refractivity contribution in [3.8, 4) is 0 Å². The number of hydrogen-bond acceptors (Lipinski definition) is 4. The highest BCUT2D eigenvalue weighted by atomic mass is 16.6. The van der Waals surface area contributed by atoms with Crippen LogP contribution >= 0.6 is 0 Å². The second-order valence-electron chi connectivity index (χ2n) is 6.36. The number of anilines is 1. The molecule has 2 rings (SSSR count). The van der Waals surface area contributed by atoms with Crippen LogP contribution in [0.3, 0.4) is 0 Å². The van der Waals surface area contributed by atoms with Gasteiger partial charge in [0.25, 0.3) is 5.69 Å². The van der Waals surface area contributed by atoms with Gasteiger partial charge in [0.15, 0.2) is 0 Å². The largest absolute Gasteiger partial charge is 0.390 e. The summed E-state index contributed by atoms with van der Waals surface area (Å²) >= 11 is 0. The number of hydrogen-bond donors (Lipinski definition) is 1. The molecule has 5 heteroatoms. The molecule has 0 bridgehead atoms. The Bertz CT molecular complexity index is 678. The zero-order valence-corrected chi connectivity index (χ0v) is 13.7. The van der Waals surface area contributed by atoms with E-state index in [2.05, 4.69) is 0 Å². The van der Waals surface area contributed by atoms with Crippen LogP contribution in [0.4, 0.5) is 11.4 Å².